The van der Waals surface area contributed by atoms with Gasteiger partial charge in [0.05, 0.1) is 13.1 Å². The fourth-order valence-corrected chi connectivity index (χ4v) is 2.47. The van der Waals surface area contributed by atoms with Crippen molar-refractivity contribution >= 4 is 6.03 Å². The number of hydrogen-bond acceptors (Lipinski definition) is 2. The van der Waals surface area contributed by atoms with Crippen LogP contribution in [0.4, 0.5) is 4.79 Å². The van der Waals surface area contributed by atoms with Crippen LogP contribution < -0.4 is 4.74 Å². The van der Waals surface area contributed by atoms with Crippen LogP contribution in [-0.2, 0) is 0 Å². The molecule has 2 aliphatic heterocycles. The van der Waals surface area contributed by atoms with E-state index in [0.29, 0.717) is 13.1 Å². The molecule has 0 bridgehead atoms. The molecular weight excluding hydrogens is 228 g/mol. The van der Waals surface area contributed by atoms with E-state index in [1.165, 1.54) is 0 Å². The van der Waals surface area contributed by atoms with Crippen molar-refractivity contribution < 1.29 is 9.53 Å². The van der Waals surface area contributed by atoms with Crippen LogP contribution in [0, 0.1) is 0 Å². The molecule has 0 aliphatic carbocycles. The Bertz CT molecular complexity index is 409. The molecule has 96 valence electrons. The average molecular weight is 246 g/mol. The highest BCUT2D eigenvalue weighted by Crippen LogP contribution is 2.20. The molecule has 4 nitrogen and oxygen atoms in total. The Morgan fingerprint density at radius 3 is 2.39 bits per heavy atom. The van der Waals surface area contributed by atoms with Crippen molar-refractivity contribution in [2.75, 3.05) is 26.2 Å². The second kappa shape index (κ2) is 4.88. The molecule has 1 aromatic carbocycles. The minimum absolute atomic E-state index is 0.152. The van der Waals surface area contributed by atoms with Crippen molar-refractivity contribution in [3.05, 3.63) is 30.3 Å². The maximum absolute atomic E-state index is 12.0. The third-order valence-electron chi connectivity index (χ3n) is 3.54. The van der Waals surface area contributed by atoms with Crippen LogP contribution >= 0.6 is 0 Å². The zero-order chi connectivity index (χ0) is 12.4. The number of carbonyl (C=O) groups is 1. The second-order valence-electron chi connectivity index (χ2n) is 4.93. The molecule has 0 spiro atoms. The number of ether oxygens (including phenoxy) is 1. The van der Waals surface area contributed by atoms with E-state index in [9.17, 15) is 4.79 Å². The number of hydrogen-bond donors (Lipinski definition) is 0. The predicted molar refractivity (Wildman–Crippen MR) is 68.6 cm³/mol. The summed E-state index contributed by atoms with van der Waals surface area (Å²) in [6, 6.07) is 9.97. The lowest BCUT2D eigenvalue weighted by Gasteiger charge is -2.40. The van der Waals surface area contributed by atoms with Gasteiger partial charge in [-0.3, -0.25) is 0 Å². The quantitative estimate of drug-likeness (QED) is 0.799. The van der Waals surface area contributed by atoms with Gasteiger partial charge in [-0.1, -0.05) is 18.2 Å². The largest absolute Gasteiger partial charge is 0.487 e. The standard InChI is InChI=1S/C14H18N2O2/c17-14(15-8-4-5-9-15)16-10-13(11-16)18-12-6-2-1-3-7-12/h1-3,6-7,13H,4-5,8-11H2. The van der Waals surface area contributed by atoms with Crippen molar-refractivity contribution in [1.82, 2.24) is 9.80 Å². The summed E-state index contributed by atoms with van der Waals surface area (Å²) in [4.78, 5) is 15.8. The molecule has 0 aromatic heterocycles. The monoisotopic (exact) mass is 246 g/mol. The summed E-state index contributed by atoms with van der Waals surface area (Å²) in [7, 11) is 0. The Morgan fingerprint density at radius 2 is 1.72 bits per heavy atom. The topological polar surface area (TPSA) is 32.8 Å². The van der Waals surface area contributed by atoms with E-state index >= 15 is 0 Å². The molecule has 4 heteroatoms. The van der Waals surface area contributed by atoms with Gasteiger partial charge in [0.2, 0.25) is 0 Å². The highest BCUT2D eigenvalue weighted by Gasteiger charge is 2.35. The maximum Gasteiger partial charge on any atom is 0.320 e. The first-order chi connectivity index (χ1) is 8.83. The SMILES string of the molecule is O=C(N1CCCC1)N1CC(Oc2ccccc2)C1. The van der Waals surface area contributed by atoms with Gasteiger partial charge in [0.1, 0.15) is 11.9 Å². The summed E-state index contributed by atoms with van der Waals surface area (Å²) < 4.78 is 5.78. The lowest BCUT2D eigenvalue weighted by molar-refractivity contribution is 0.0332. The molecule has 0 saturated carbocycles. The predicted octanol–water partition coefficient (Wildman–Crippen LogP) is 1.97. The fraction of sp³-hybridized carbons (Fsp3) is 0.500. The van der Waals surface area contributed by atoms with E-state index in [1.807, 2.05) is 40.1 Å². The van der Waals surface area contributed by atoms with Crippen LogP contribution in [0.15, 0.2) is 30.3 Å². The van der Waals surface area contributed by atoms with Crippen LogP contribution in [0.1, 0.15) is 12.8 Å². The van der Waals surface area contributed by atoms with Gasteiger partial charge >= 0.3 is 6.03 Å². The van der Waals surface area contributed by atoms with Gasteiger partial charge in [-0.25, -0.2) is 4.79 Å². The van der Waals surface area contributed by atoms with Crippen LogP contribution in [-0.4, -0.2) is 48.1 Å². The van der Waals surface area contributed by atoms with Crippen LogP contribution in [0.3, 0.4) is 0 Å². The normalized spacial score (nSPS) is 19.8. The molecule has 0 N–H and O–H groups in total. The first-order valence-electron chi connectivity index (χ1n) is 6.58. The van der Waals surface area contributed by atoms with Gasteiger partial charge in [-0.05, 0) is 25.0 Å². The van der Waals surface area contributed by atoms with Crippen molar-refractivity contribution in [3.8, 4) is 5.75 Å². The number of nitrogens with zero attached hydrogens (tertiary/aromatic N) is 2. The molecule has 0 unspecified atom stereocenters. The highest BCUT2D eigenvalue weighted by molar-refractivity contribution is 5.75. The lowest BCUT2D eigenvalue weighted by atomic mass is 10.2. The molecule has 2 saturated heterocycles. The first-order valence-corrected chi connectivity index (χ1v) is 6.58. The second-order valence-corrected chi connectivity index (χ2v) is 4.93. The Labute approximate surface area is 107 Å². The van der Waals surface area contributed by atoms with Gasteiger partial charge < -0.3 is 14.5 Å². The van der Waals surface area contributed by atoms with E-state index in [2.05, 4.69) is 0 Å². The molecule has 2 aliphatic rings. The third-order valence-corrected chi connectivity index (χ3v) is 3.54. The third kappa shape index (κ3) is 2.28. The summed E-state index contributed by atoms with van der Waals surface area (Å²) in [6.07, 6.45) is 2.44. The van der Waals surface area contributed by atoms with E-state index in [0.717, 1.165) is 31.7 Å². The number of carbonyl (C=O) groups excluding carboxylic acids is 1. The van der Waals surface area contributed by atoms with Crippen molar-refractivity contribution in [2.24, 2.45) is 0 Å². The number of urea groups is 1. The Morgan fingerprint density at radius 1 is 1.06 bits per heavy atom. The minimum Gasteiger partial charge on any atom is -0.487 e. The minimum atomic E-state index is 0.152. The Balaban J connectivity index is 1.47. The smallest absolute Gasteiger partial charge is 0.320 e. The van der Waals surface area contributed by atoms with Gasteiger partial charge in [-0.15, -0.1) is 0 Å². The zero-order valence-corrected chi connectivity index (χ0v) is 10.4. The lowest BCUT2D eigenvalue weighted by Crippen LogP contribution is -2.59. The van der Waals surface area contributed by atoms with Gasteiger partial charge in [0.15, 0.2) is 0 Å². The highest BCUT2D eigenvalue weighted by atomic mass is 16.5. The summed E-state index contributed by atoms with van der Waals surface area (Å²) in [6.45, 7) is 3.26. The maximum atomic E-state index is 12.0. The van der Waals surface area contributed by atoms with Crippen LogP contribution in [0.25, 0.3) is 0 Å². The summed E-state index contributed by atoms with van der Waals surface area (Å²) in [5.41, 5.74) is 0. The number of amides is 2. The summed E-state index contributed by atoms with van der Waals surface area (Å²) in [5.74, 6) is 0.885. The Kier molecular flexibility index (Phi) is 3.09. The van der Waals surface area contributed by atoms with Gasteiger partial charge in [0.25, 0.3) is 0 Å². The fourth-order valence-electron chi connectivity index (χ4n) is 2.47. The number of likely N-dealkylation sites (tertiary alicyclic amines) is 2. The van der Waals surface area contributed by atoms with Crippen molar-refractivity contribution in [1.29, 1.82) is 0 Å². The van der Waals surface area contributed by atoms with Gasteiger partial charge in [-0.2, -0.15) is 0 Å². The average Bonchev–Trinajstić information content (AvgIpc) is 2.87. The molecule has 3 rings (SSSR count). The first kappa shape index (κ1) is 11.4. The number of rotatable bonds is 2. The molecule has 2 heterocycles. The van der Waals surface area contributed by atoms with Crippen molar-refractivity contribution in [3.63, 3.8) is 0 Å². The molecular formula is C14H18N2O2. The van der Waals surface area contributed by atoms with E-state index in [4.69, 9.17) is 4.74 Å². The summed E-state index contributed by atoms with van der Waals surface area (Å²) >= 11 is 0. The molecule has 2 amide bonds. The molecule has 18 heavy (non-hydrogen) atoms. The number of benzene rings is 1. The molecule has 2 fully saturated rings. The molecule has 1 aromatic rings. The van der Waals surface area contributed by atoms with Crippen molar-refractivity contribution in [2.45, 2.75) is 18.9 Å². The van der Waals surface area contributed by atoms with Crippen LogP contribution in [0.2, 0.25) is 0 Å². The van der Waals surface area contributed by atoms with E-state index in [-0.39, 0.29) is 12.1 Å². The Hall–Kier alpha value is -1.71. The van der Waals surface area contributed by atoms with Crippen LogP contribution in [0.5, 0.6) is 5.75 Å². The zero-order valence-electron chi connectivity index (χ0n) is 10.4. The summed E-state index contributed by atoms with van der Waals surface area (Å²) in [5, 5.41) is 0. The van der Waals surface area contributed by atoms with Gasteiger partial charge in [0, 0.05) is 13.1 Å². The number of para-hydroxylation sites is 1. The van der Waals surface area contributed by atoms with E-state index in [1.54, 1.807) is 0 Å². The van der Waals surface area contributed by atoms with E-state index < -0.39 is 0 Å². The molecule has 0 atom stereocenters. The molecule has 0 radical (unpaired) electrons.